The molecule has 0 aliphatic heterocycles. The Morgan fingerprint density at radius 1 is 1.10 bits per heavy atom. The Balaban J connectivity index is 3.33. The molecule has 21 heavy (non-hydrogen) atoms. The van der Waals surface area contributed by atoms with Crippen molar-refractivity contribution >= 4 is 52.4 Å². The molecular weight excluding hydrogens is 357 g/mol. The second-order valence-corrected chi connectivity index (χ2v) is 4.55. The molecule has 0 aliphatic carbocycles. The van der Waals surface area contributed by atoms with Gasteiger partial charge in [-0.1, -0.05) is 34.8 Å². The molecule has 6 nitrogen and oxygen atoms in total. The van der Waals surface area contributed by atoms with Crippen LogP contribution in [-0.4, -0.2) is 18.3 Å². The second-order valence-electron chi connectivity index (χ2n) is 3.39. The van der Waals surface area contributed by atoms with Gasteiger partial charge in [0.1, 0.15) is 10.7 Å². The largest absolute Gasteiger partial charge is 0.573 e. The van der Waals surface area contributed by atoms with Crippen molar-refractivity contribution in [2.45, 2.75) is 6.36 Å². The first-order chi connectivity index (χ1) is 9.51. The van der Waals surface area contributed by atoms with E-state index < -0.39 is 28.1 Å². The maximum absolute atomic E-state index is 12.2. The van der Waals surface area contributed by atoms with Crippen molar-refractivity contribution in [1.82, 2.24) is 0 Å². The molecule has 0 unspecified atom stereocenters. The zero-order valence-corrected chi connectivity index (χ0v) is 12.1. The summed E-state index contributed by atoms with van der Waals surface area (Å²) in [6, 6.07) is 0.783. The molecule has 0 spiro atoms. The average molecular weight is 365 g/mol. The van der Waals surface area contributed by atoms with E-state index in [0.717, 1.165) is 6.07 Å². The third-order valence-corrected chi connectivity index (χ3v) is 2.92. The van der Waals surface area contributed by atoms with E-state index in [9.17, 15) is 13.2 Å². The number of nitrogens with zero attached hydrogens (tertiary/aromatic N) is 2. The Kier molecular flexibility index (Phi) is 5.37. The van der Waals surface area contributed by atoms with Crippen LogP contribution in [-0.2, 0) is 0 Å². The number of nitrogens with two attached hydrogens (primary N) is 3. The van der Waals surface area contributed by atoms with Gasteiger partial charge in [0.25, 0.3) is 0 Å². The van der Waals surface area contributed by atoms with Crippen molar-refractivity contribution in [3.63, 3.8) is 0 Å². The highest BCUT2D eigenvalue weighted by Crippen LogP contribution is 2.45. The minimum atomic E-state index is -4.96. The van der Waals surface area contributed by atoms with E-state index in [-0.39, 0.29) is 16.7 Å². The Hall–Kier alpha value is -1.58. The van der Waals surface area contributed by atoms with E-state index in [1.54, 1.807) is 0 Å². The number of aliphatic imine (C=N–C) groups is 2. The zero-order valence-electron chi connectivity index (χ0n) is 9.88. The first kappa shape index (κ1) is 17.5. The van der Waals surface area contributed by atoms with Gasteiger partial charge in [0.05, 0.1) is 10.0 Å². The summed E-state index contributed by atoms with van der Waals surface area (Å²) in [6.07, 6.45) is -4.96. The number of benzene rings is 1. The number of hydrogen-bond acceptors (Lipinski definition) is 2. The molecule has 1 aromatic rings. The molecule has 0 saturated carbocycles. The zero-order chi connectivity index (χ0) is 16.4. The monoisotopic (exact) mass is 363 g/mol. The standard InChI is InChI=1S/C9H7Cl3F3N5O/c10-2-1-3(21-9(13,14)15)4(11)5(12)6(2)19-8(18)20-7(16)17/h1H,(H6,16,17,18,19,20). The maximum Gasteiger partial charge on any atom is 0.573 e. The SMILES string of the molecule is NC(N)=NC(N)=Nc1c(Cl)cc(OC(F)(F)F)c(Cl)c1Cl. The highest BCUT2D eigenvalue weighted by Gasteiger charge is 2.33. The van der Waals surface area contributed by atoms with Crippen molar-refractivity contribution in [2.24, 2.45) is 27.2 Å². The Morgan fingerprint density at radius 2 is 1.67 bits per heavy atom. The summed E-state index contributed by atoms with van der Waals surface area (Å²) >= 11 is 17.2. The van der Waals surface area contributed by atoms with Crippen LogP contribution in [0.15, 0.2) is 16.1 Å². The Morgan fingerprint density at radius 3 is 2.14 bits per heavy atom. The number of rotatable bonds is 2. The lowest BCUT2D eigenvalue weighted by Gasteiger charge is -2.13. The molecule has 0 atom stereocenters. The number of hydrogen-bond donors (Lipinski definition) is 3. The number of alkyl halides is 3. The molecule has 0 aromatic heterocycles. The van der Waals surface area contributed by atoms with Crippen LogP contribution in [0.2, 0.25) is 15.1 Å². The lowest BCUT2D eigenvalue weighted by molar-refractivity contribution is -0.274. The lowest BCUT2D eigenvalue weighted by atomic mass is 10.3. The van der Waals surface area contributed by atoms with Gasteiger partial charge < -0.3 is 21.9 Å². The second kappa shape index (κ2) is 6.46. The quantitative estimate of drug-likeness (QED) is 0.425. The number of ether oxygens (including phenoxy) is 1. The molecule has 6 N–H and O–H groups in total. The van der Waals surface area contributed by atoms with Gasteiger partial charge in [0.15, 0.2) is 11.7 Å². The molecule has 0 amide bonds. The van der Waals surface area contributed by atoms with E-state index in [0.29, 0.717) is 0 Å². The van der Waals surface area contributed by atoms with Crippen LogP contribution in [0.5, 0.6) is 5.75 Å². The molecule has 0 bridgehead atoms. The summed E-state index contributed by atoms with van der Waals surface area (Å²) < 4.78 is 40.2. The van der Waals surface area contributed by atoms with E-state index >= 15 is 0 Å². The fourth-order valence-corrected chi connectivity index (χ4v) is 1.84. The highest BCUT2D eigenvalue weighted by atomic mass is 35.5. The third kappa shape index (κ3) is 5.03. The Bertz CT molecular complexity index is 614. The highest BCUT2D eigenvalue weighted by molar-refractivity contribution is 6.46. The summed E-state index contributed by atoms with van der Waals surface area (Å²) in [5.74, 6) is -1.58. The molecule has 1 rings (SSSR count). The van der Waals surface area contributed by atoms with Crippen molar-refractivity contribution in [3.05, 3.63) is 21.1 Å². The first-order valence-electron chi connectivity index (χ1n) is 4.88. The van der Waals surface area contributed by atoms with E-state index in [2.05, 4.69) is 14.7 Å². The van der Waals surface area contributed by atoms with Crippen molar-refractivity contribution in [3.8, 4) is 5.75 Å². The molecule has 116 valence electrons. The summed E-state index contributed by atoms with van der Waals surface area (Å²) in [5.41, 5.74) is 15.3. The molecule has 1 aromatic carbocycles. The van der Waals surface area contributed by atoms with Crippen molar-refractivity contribution in [1.29, 1.82) is 0 Å². The van der Waals surface area contributed by atoms with Gasteiger partial charge in [0.2, 0.25) is 5.96 Å². The Labute approximate surface area is 131 Å². The molecule has 0 saturated heterocycles. The lowest BCUT2D eigenvalue weighted by Crippen LogP contribution is -2.26. The molecule has 12 heteroatoms. The average Bonchev–Trinajstić information content (AvgIpc) is 2.28. The number of guanidine groups is 2. The van der Waals surface area contributed by atoms with E-state index in [1.807, 2.05) is 0 Å². The van der Waals surface area contributed by atoms with E-state index in [1.165, 1.54) is 0 Å². The van der Waals surface area contributed by atoms with Crippen LogP contribution in [0.1, 0.15) is 0 Å². The fraction of sp³-hybridized carbons (Fsp3) is 0.111. The van der Waals surface area contributed by atoms with Crippen molar-refractivity contribution < 1.29 is 17.9 Å². The van der Waals surface area contributed by atoms with Crippen LogP contribution in [0, 0.1) is 0 Å². The molecule has 0 fully saturated rings. The van der Waals surface area contributed by atoms with Crippen LogP contribution >= 0.6 is 34.8 Å². The van der Waals surface area contributed by atoms with Gasteiger partial charge in [-0.05, 0) is 0 Å². The minimum Gasteiger partial charge on any atom is -0.404 e. The molecule has 0 aliphatic rings. The topological polar surface area (TPSA) is 112 Å². The van der Waals surface area contributed by atoms with Crippen LogP contribution < -0.4 is 21.9 Å². The summed E-state index contributed by atoms with van der Waals surface area (Å²) in [6.45, 7) is 0. The summed E-state index contributed by atoms with van der Waals surface area (Å²) in [5, 5.41) is -1.25. The van der Waals surface area contributed by atoms with Crippen LogP contribution in [0.3, 0.4) is 0 Å². The predicted molar refractivity (Wildman–Crippen MR) is 75.2 cm³/mol. The van der Waals surface area contributed by atoms with Gasteiger partial charge in [-0.15, -0.1) is 13.2 Å². The fourth-order valence-electron chi connectivity index (χ4n) is 1.14. The molecular formula is C9H7Cl3F3N5O. The van der Waals surface area contributed by atoms with Gasteiger partial charge in [-0.25, -0.2) is 4.99 Å². The predicted octanol–water partition coefficient (Wildman–Crippen LogP) is 2.76. The maximum atomic E-state index is 12.2. The van der Waals surface area contributed by atoms with Crippen LogP contribution in [0.25, 0.3) is 0 Å². The molecule has 0 heterocycles. The van der Waals surface area contributed by atoms with Crippen LogP contribution in [0.4, 0.5) is 18.9 Å². The van der Waals surface area contributed by atoms with Gasteiger partial charge in [-0.3, -0.25) is 0 Å². The minimum absolute atomic E-state index is 0.208. The number of halogens is 6. The van der Waals surface area contributed by atoms with Gasteiger partial charge in [0, 0.05) is 6.07 Å². The van der Waals surface area contributed by atoms with Crippen molar-refractivity contribution in [2.75, 3.05) is 0 Å². The smallest absolute Gasteiger partial charge is 0.404 e. The third-order valence-electron chi connectivity index (χ3n) is 1.80. The molecule has 0 radical (unpaired) electrons. The normalized spacial score (nSPS) is 12.2. The summed E-state index contributed by atoms with van der Waals surface area (Å²) in [7, 11) is 0. The van der Waals surface area contributed by atoms with Gasteiger partial charge >= 0.3 is 6.36 Å². The van der Waals surface area contributed by atoms with Gasteiger partial charge in [-0.2, -0.15) is 4.99 Å². The first-order valence-corrected chi connectivity index (χ1v) is 6.01. The van der Waals surface area contributed by atoms with E-state index in [4.69, 9.17) is 52.0 Å². The summed E-state index contributed by atoms with van der Waals surface area (Å²) in [4.78, 5) is 7.05.